The lowest BCUT2D eigenvalue weighted by Gasteiger charge is -2.22. The van der Waals surface area contributed by atoms with Gasteiger partial charge in [0.1, 0.15) is 0 Å². The second kappa shape index (κ2) is 8.97. The van der Waals surface area contributed by atoms with Crippen LogP contribution in [0.15, 0.2) is 24.4 Å². The molecule has 2 fully saturated rings. The minimum Gasteiger partial charge on any atom is -0.405 e. The van der Waals surface area contributed by atoms with E-state index in [2.05, 4.69) is 27.6 Å². The molecule has 2 aliphatic rings. The fraction of sp³-hybridized carbons (Fsp3) is 0.500. The van der Waals surface area contributed by atoms with Crippen molar-refractivity contribution in [3.63, 3.8) is 0 Å². The lowest BCUT2D eigenvalue weighted by Crippen LogP contribution is -2.41. The van der Waals surface area contributed by atoms with Crippen molar-refractivity contribution >= 4 is 17.8 Å². The highest BCUT2D eigenvalue weighted by molar-refractivity contribution is 5.95. The minimum atomic E-state index is -0.552. The van der Waals surface area contributed by atoms with Crippen LogP contribution in [-0.2, 0) is 0 Å². The van der Waals surface area contributed by atoms with Gasteiger partial charge in [-0.25, -0.2) is 9.48 Å². The number of nitrogens with two attached hydrogens (primary N) is 1. The van der Waals surface area contributed by atoms with Gasteiger partial charge in [0.15, 0.2) is 11.6 Å². The Bertz CT molecular complexity index is 968. The molecule has 31 heavy (non-hydrogen) atoms. The average molecular weight is 427 g/mol. The van der Waals surface area contributed by atoms with Crippen molar-refractivity contribution in [2.24, 2.45) is 0 Å². The van der Waals surface area contributed by atoms with Crippen LogP contribution in [-0.4, -0.2) is 58.4 Å². The third-order valence-corrected chi connectivity index (χ3v) is 5.97. The topological polar surface area (TPSA) is 115 Å². The van der Waals surface area contributed by atoms with Crippen molar-refractivity contribution in [3.8, 4) is 11.4 Å². The van der Waals surface area contributed by atoms with Gasteiger partial charge in [-0.1, -0.05) is 13.0 Å². The number of aromatic nitrogens is 2. The predicted molar refractivity (Wildman–Crippen MR) is 117 cm³/mol. The molecule has 9 heteroatoms. The number of rotatable bonds is 7. The summed E-state index contributed by atoms with van der Waals surface area (Å²) in [6, 6.07) is 6.00. The molecule has 2 amide bonds. The quantitative estimate of drug-likeness (QED) is 0.626. The van der Waals surface area contributed by atoms with Crippen molar-refractivity contribution in [3.05, 3.63) is 35.5 Å². The van der Waals surface area contributed by atoms with E-state index in [1.54, 1.807) is 12.1 Å². The molecule has 0 bridgehead atoms. The van der Waals surface area contributed by atoms with Crippen LogP contribution in [0.4, 0.5) is 10.6 Å². The third kappa shape index (κ3) is 4.82. The number of nitrogen functional groups attached to an aromatic ring is 1. The first-order valence-electron chi connectivity index (χ1n) is 10.9. The van der Waals surface area contributed by atoms with Gasteiger partial charge >= 0.3 is 6.09 Å². The number of benzene rings is 1. The van der Waals surface area contributed by atoms with Crippen molar-refractivity contribution in [1.29, 1.82) is 0 Å². The van der Waals surface area contributed by atoms with Crippen LogP contribution in [0.1, 0.15) is 48.5 Å². The summed E-state index contributed by atoms with van der Waals surface area (Å²) >= 11 is 0. The van der Waals surface area contributed by atoms with Gasteiger partial charge in [-0.05, 0) is 63.4 Å². The van der Waals surface area contributed by atoms with E-state index in [9.17, 15) is 9.59 Å². The molecular formula is C22H30N6O3. The van der Waals surface area contributed by atoms with Crippen molar-refractivity contribution in [1.82, 2.24) is 25.3 Å². The fourth-order valence-corrected chi connectivity index (χ4v) is 3.97. The molecular weight excluding hydrogens is 396 g/mol. The second-order valence-corrected chi connectivity index (χ2v) is 8.25. The first-order valence-corrected chi connectivity index (χ1v) is 10.9. The number of amides is 2. The van der Waals surface area contributed by atoms with E-state index in [0.29, 0.717) is 23.8 Å². The summed E-state index contributed by atoms with van der Waals surface area (Å²) in [6.07, 6.45) is 5.12. The maximum Gasteiger partial charge on any atom is 0.412 e. The highest BCUT2D eigenvalue weighted by atomic mass is 16.6. The van der Waals surface area contributed by atoms with Gasteiger partial charge in [0.05, 0.1) is 11.9 Å². The van der Waals surface area contributed by atoms with Crippen LogP contribution in [0.5, 0.6) is 5.75 Å². The summed E-state index contributed by atoms with van der Waals surface area (Å²) < 4.78 is 6.89. The Hall–Kier alpha value is -3.07. The third-order valence-electron chi connectivity index (χ3n) is 5.97. The monoisotopic (exact) mass is 426 g/mol. The number of likely N-dealkylation sites (tertiary alicyclic amines) is 1. The van der Waals surface area contributed by atoms with Crippen molar-refractivity contribution < 1.29 is 14.3 Å². The van der Waals surface area contributed by atoms with Crippen molar-refractivity contribution in [2.75, 3.05) is 25.4 Å². The number of nitrogens with one attached hydrogen (secondary N) is 2. The van der Waals surface area contributed by atoms with Crippen LogP contribution >= 0.6 is 0 Å². The maximum absolute atomic E-state index is 12.4. The number of nitrogens with zero attached hydrogens (tertiary/aromatic N) is 3. The van der Waals surface area contributed by atoms with E-state index in [4.69, 9.17) is 10.5 Å². The Kier molecular flexibility index (Phi) is 6.13. The Balaban J connectivity index is 1.43. The lowest BCUT2D eigenvalue weighted by molar-refractivity contribution is 0.0951. The second-order valence-electron chi connectivity index (χ2n) is 8.25. The average Bonchev–Trinajstić information content (AvgIpc) is 3.33. The van der Waals surface area contributed by atoms with Gasteiger partial charge < -0.3 is 21.1 Å². The summed E-state index contributed by atoms with van der Waals surface area (Å²) in [5.74, 6) is 0.274. The van der Waals surface area contributed by atoms with E-state index in [1.807, 2.05) is 13.0 Å². The molecule has 9 nitrogen and oxygen atoms in total. The molecule has 2 aromatic rings. The van der Waals surface area contributed by atoms with Gasteiger partial charge in [-0.15, -0.1) is 0 Å². The van der Waals surface area contributed by atoms with Crippen LogP contribution in [0.2, 0.25) is 0 Å². The zero-order chi connectivity index (χ0) is 22.0. The smallest absolute Gasteiger partial charge is 0.405 e. The summed E-state index contributed by atoms with van der Waals surface area (Å²) in [6.45, 7) is 6.61. The van der Waals surface area contributed by atoms with Gasteiger partial charge in [0.25, 0.3) is 5.91 Å². The summed E-state index contributed by atoms with van der Waals surface area (Å²) in [5, 5.41) is 10.1. The zero-order valence-electron chi connectivity index (χ0n) is 18.1. The number of hydrogen-bond acceptors (Lipinski definition) is 6. The fourth-order valence-electron chi connectivity index (χ4n) is 3.97. The maximum atomic E-state index is 12.4. The SMILES string of the molecule is CCN1CCCC1CNC(=O)Oc1cnn(-c2cc(C(=O)NC3CC3)ccc2C)c1N. The van der Waals surface area contributed by atoms with E-state index in [-0.39, 0.29) is 23.5 Å². The molecule has 1 saturated carbocycles. The van der Waals surface area contributed by atoms with Gasteiger partial charge in [-0.3, -0.25) is 9.69 Å². The molecule has 0 spiro atoms. The van der Waals surface area contributed by atoms with E-state index in [1.165, 1.54) is 10.9 Å². The van der Waals surface area contributed by atoms with Gasteiger partial charge in [0, 0.05) is 24.2 Å². The predicted octanol–water partition coefficient (Wildman–Crippen LogP) is 2.23. The number of likely N-dealkylation sites (N-methyl/N-ethyl adjacent to an activating group) is 1. The largest absolute Gasteiger partial charge is 0.412 e. The molecule has 0 radical (unpaired) electrons. The molecule has 1 aliphatic carbocycles. The molecule has 1 unspecified atom stereocenters. The molecule has 1 atom stereocenters. The zero-order valence-corrected chi connectivity index (χ0v) is 18.1. The Morgan fingerprint density at radius 2 is 2.10 bits per heavy atom. The number of anilines is 1. The first-order chi connectivity index (χ1) is 15.0. The number of carbonyl (C=O) groups excluding carboxylic acids is 2. The molecule has 1 aromatic heterocycles. The number of aryl methyl sites for hydroxylation is 1. The number of carbonyl (C=O) groups is 2. The molecule has 1 saturated heterocycles. The highest BCUT2D eigenvalue weighted by Gasteiger charge is 2.25. The van der Waals surface area contributed by atoms with Gasteiger partial charge in [0.2, 0.25) is 0 Å². The molecule has 1 aliphatic heterocycles. The van der Waals surface area contributed by atoms with Crippen LogP contribution in [0.3, 0.4) is 0 Å². The van der Waals surface area contributed by atoms with Crippen LogP contribution < -0.4 is 21.1 Å². The van der Waals surface area contributed by atoms with Crippen molar-refractivity contribution in [2.45, 2.75) is 51.6 Å². The van der Waals surface area contributed by atoms with E-state index in [0.717, 1.165) is 44.3 Å². The summed E-state index contributed by atoms with van der Waals surface area (Å²) in [5.41, 5.74) is 8.32. The highest BCUT2D eigenvalue weighted by Crippen LogP contribution is 2.27. The standard InChI is InChI=1S/C22H30N6O3/c1-3-27-10-4-5-17(27)12-24-22(30)31-19-13-25-28(20(19)23)18-11-15(7-6-14(18)2)21(29)26-16-8-9-16/h6-7,11,13,16-17H,3-5,8-10,12,23H2,1-2H3,(H,24,30)(H,26,29). The normalized spacial score (nSPS) is 18.7. The number of ether oxygens (including phenoxy) is 1. The Labute approximate surface area is 181 Å². The molecule has 166 valence electrons. The van der Waals surface area contributed by atoms with E-state index < -0.39 is 6.09 Å². The number of hydrogen-bond donors (Lipinski definition) is 3. The minimum absolute atomic E-state index is 0.113. The van der Waals surface area contributed by atoms with Crippen LogP contribution in [0, 0.1) is 6.92 Å². The molecule has 4 rings (SSSR count). The van der Waals surface area contributed by atoms with Crippen LogP contribution in [0.25, 0.3) is 5.69 Å². The first kappa shape index (κ1) is 21.2. The summed E-state index contributed by atoms with van der Waals surface area (Å²) in [7, 11) is 0. The molecule has 4 N–H and O–H groups in total. The molecule has 1 aromatic carbocycles. The Morgan fingerprint density at radius 3 is 2.84 bits per heavy atom. The lowest BCUT2D eigenvalue weighted by atomic mass is 10.1. The summed E-state index contributed by atoms with van der Waals surface area (Å²) in [4.78, 5) is 27.0. The molecule has 2 heterocycles. The van der Waals surface area contributed by atoms with E-state index >= 15 is 0 Å². The van der Waals surface area contributed by atoms with Gasteiger partial charge in [-0.2, -0.15) is 5.10 Å². The Morgan fingerprint density at radius 1 is 1.29 bits per heavy atom.